The van der Waals surface area contributed by atoms with Crippen LogP contribution in [0.3, 0.4) is 0 Å². The Morgan fingerprint density at radius 2 is 1.81 bits per heavy atom. The second-order valence-corrected chi connectivity index (χ2v) is 8.20. The molecule has 32 heavy (non-hydrogen) atoms. The Kier molecular flexibility index (Phi) is 4.38. The minimum atomic E-state index is -0.344. The monoisotopic (exact) mass is 428 g/mol. The van der Waals surface area contributed by atoms with E-state index in [9.17, 15) is 4.39 Å². The molecule has 3 aromatic heterocycles. The van der Waals surface area contributed by atoms with Crippen molar-refractivity contribution >= 4 is 22.6 Å². The topological polar surface area (TPSA) is 72.4 Å². The molecule has 0 atom stereocenters. The molecule has 4 heterocycles. The summed E-state index contributed by atoms with van der Waals surface area (Å²) < 4.78 is 22.0. The van der Waals surface area contributed by atoms with Crippen molar-refractivity contribution in [2.75, 3.05) is 18.0 Å². The molecule has 8 heteroatoms. The van der Waals surface area contributed by atoms with E-state index in [4.69, 9.17) is 14.5 Å². The van der Waals surface area contributed by atoms with E-state index >= 15 is 0 Å². The predicted molar refractivity (Wildman–Crippen MR) is 119 cm³/mol. The van der Waals surface area contributed by atoms with Gasteiger partial charge in [-0.15, -0.1) is 15.3 Å². The number of hydrogen-bond donors (Lipinski definition) is 0. The van der Waals surface area contributed by atoms with Gasteiger partial charge in [-0.2, -0.15) is 4.52 Å². The van der Waals surface area contributed by atoms with Crippen LogP contribution in [0, 0.1) is 12.7 Å². The van der Waals surface area contributed by atoms with Crippen molar-refractivity contribution < 1.29 is 8.81 Å². The van der Waals surface area contributed by atoms with Crippen molar-refractivity contribution in [3.05, 3.63) is 71.9 Å². The molecule has 5 aromatic rings. The van der Waals surface area contributed by atoms with Crippen LogP contribution in [0.5, 0.6) is 0 Å². The number of nitrogens with zero attached hydrogens (tertiary/aromatic N) is 6. The van der Waals surface area contributed by atoms with Gasteiger partial charge in [-0.1, -0.05) is 24.3 Å². The molecule has 0 amide bonds. The maximum absolute atomic E-state index is 14.3. The SMILES string of the molecule is Cc1cccc2nc(C3CCN(c4ccc5nnc(-c6ccccc6F)n5n4)CC3)oc12. The zero-order valence-electron chi connectivity index (χ0n) is 17.6. The summed E-state index contributed by atoms with van der Waals surface area (Å²) in [4.78, 5) is 6.96. The number of anilines is 1. The molecule has 1 saturated heterocycles. The predicted octanol–water partition coefficient (Wildman–Crippen LogP) is 4.76. The molecule has 0 aliphatic carbocycles. The molecule has 0 unspecified atom stereocenters. The lowest BCUT2D eigenvalue weighted by Crippen LogP contribution is -2.33. The van der Waals surface area contributed by atoms with Crippen molar-refractivity contribution in [3.8, 4) is 11.4 Å². The number of aromatic nitrogens is 5. The lowest BCUT2D eigenvalue weighted by Gasteiger charge is -2.31. The van der Waals surface area contributed by atoms with Gasteiger partial charge in [0.25, 0.3) is 0 Å². The summed E-state index contributed by atoms with van der Waals surface area (Å²) in [5.41, 5.74) is 3.88. The van der Waals surface area contributed by atoms with E-state index in [-0.39, 0.29) is 11.7 Å². The van der Waals surface area contributed by atoms with Gasteiger partial charge < -0.3 is 9.32 Å². The van der Waals surface area contributed by atoms with Gasteiger partial charge in [0.15, 0.2) is 22.9 Å². The Morgan fingerprint density at radius 3 is 2.62 bits per heavy atom. The Balaban J connectivity index is 1.25. The number of oxazole rings is 1. The Bertz CT molecular complexity index is 1430. The highest BCUT2D eigenvalue weighted by atomic mass is 19.1. The van der Waals surface area contributed by atoms with Crippen LogP contribution in [-0.2, 0) is 0 Å². The summed E-state index contributed by atoms with van der Waals surface area (Å²) in [5, 5.41) is 13.0. The molecule has 7 nitrogen and oxygen atoms in total. The minimum absolute atomic E-state index is 0.283. The number of aryl methyl sites for hydroxylation is 1. The third-order valence-electron chi connectivity index (χ3n) is 6.16. The first-order valence-electron chi connectivity index (χ1n) is 10.8. The third-order valence-corrected chi connectivity index (χ3v) is 6.16. The number of hydrogen-bond acceptors (Lipinski definition) is 6. The number of fused-ring (bicyclic) bond motifs is 2. The van der Waals surface area contributed by atoms with Crippen LogP contribution >= 0.6 is 0 Å². The number of para-hydroxylation sites is 1. The van der Waals surface area contributed by atoms with Crippen LogP contribution in [0.25, 0.3) is 28.1 Å². The maximum Gasteiger partial charge on any atom is 0.198 e. The molecule has 1 aliphatic heterocycles. The first-order chi connectivity index (χ1) is 15.7. The smallest absolute Gasteiger partial charge is 0.198 e. The number of benzene rings is 2. The lowest BCUT2D eigenvalue weighted by molar-refractivity contribution is 0.405. The fourth-order valence-electron chi connectivity index (χ4n) is 4.39. The zero-order chi connectivity index (χ0) is 21.7. The lowest BCUT2D eigenvalue weighted by atomic mass is 9.97. The molecule has 160 valence electrons. The molecule has 1 fully saturated rings. The Morgan fingerprint density at radius 1 is 0.969 bits per heavy atom. The average Bonchev–Trinajstić information content (AvgIpc) is 3.44. The molecule has 0 bridgehead atoms. The average molecular weight is 428 g/mol. The van der Waals surface area contributed by atoms with Crippen molar-refractivity contribution in [1.82, 2.24) is 24.8 Å². The molecule has 0 radical (unpaired) electrons. The summed E-state index contributed by atoms with van der Waals surface area (Å²) in [5.74, 6) is 1.98. The molecule has 0 N–H and O–H groups in total. The molecule has 1 aliphatic rings. The molecule has 2 aromatic carbocycles. The van der Waals surface area contributed by atoms with Gasteiger partial charge in [0.2, 0.25) is 0 Å². The zero-order valence-corrected chi connectivity index (χ0v) is 17.6. The first-order valence-corrected chi connectivity index (χ1v) is 10.8. The van der Waals surface area contributed by atoms with Crippen LogP contribution in [-0.4, -0.2) is 37.9 Å². The summed E-state index contributed by atoms with van der Waals surface area (Å²) in [6.45, 7) is 3.71. The number of halogens is 1. The third kappa shape index (κ3) is 3.10. The van der Waals surface area contributed by atoms with Crippen molar-refractivity contribution in [1.29, 1.82) is 0 Å². The Labute approximate surface area is 183 Å². The van der Waals surface area contributed by atoms with Gasteiger partial charge in [-0.25, -0.2) is 9.37 Å². The van der Waals surface area contributed by atoms with Crippen LogP contribution in [0.4, 0.5) is 10.2 Å². The quantitative estimate of drug-likeness (QED) is 0.412. The highest BCUT2D eigenvalue weighted by Crippen LogP contribution is 2.32. The van der Waals surface area contributed by atoms with E-state index in [1.165, 1.54) is 6.07 Å². The fourth-order valence-corrected chi connectivity index (χ4v) is 4.39. The largest absolute Gasteiger partial charge is 0.440 e. The van der Waals surface area contributed by atoms with Crippen LogP contribution in [0.15, 0.2) is 59.0 Å². The van der Waals surface area contributed by atoms with E-state index in [1.54, 1.807) is 22.7 Å². The summed E-state index contributed by atoms with van der Waals surface area (Å²) in [7, 11) is 0. The van der Waals surface area contributed by atoms with E-state index in [2.05, 4.69) is 15.1 Å². The summed E-state index contributed by atoms with van der Waals surface area (Å²) >= 11 is 0. The van der Waals surface area contributed by atoms with Crippen molar-refractivity contribution in [2.24, 2.45) is 0 Å². The highest BCUT2D eigenvalue weighted by Gasteiger charge is 2.26. The first kappa shape index (κ1) is 18.9. The van der Waals surface area contributed by atoms with Crippen molar-refractivity contribution in [3.63, 3.8) is 0 Å². The molecular weight excluding hydrogens is 407 g/mol. The van der Waals surface area contributed by atoms with Gasteiger partial charge in [-0.3, -0.25) is 0 Å². The molecule has 6 rings (SSSR count). The highest BCUT2D eigenvalue weighted by molar-refractivity contribution is 5.76. The number of rotatable bonds is 3. The van der Waals surface area contributed by atoms with E-state index in [0.29, 0.717) is 17.0 Å². The summed E-state index contributed by atoms with van der Waals surface area (Å²) in [6, 6.07) is 16.4. The van der Waals surface area contributed by atoms with Gasteiger partial charge >= 0.3 is 0 Å². The standard InChI is InChI=1S/C24H21FN6O/c1-15-5-4-8-19-22(15)32-24(26-19)16-11-13-30(14-12-16)21-10-9-20-27-28-23(31(20)29-21)17-6-2-3-7-18(17)25/h2-10,16H,11-14H2,1H3. The molecule has 0 spiro atoms. The van der Waals surface area contributed by atoms with Crippen molar-refractivity contribution in [2.45, 2.75) is 25.7 Å². The molecule has 0 saturated carbocycles. The van der Waals surface area contributed by atoms with Gasteiger partial charge in [-0.05, 0) is 55.7 Å². The van der Waals surface area contributed by atoms with E-state index in [1.807, 2.05) is 37.3 Å². The maximum atomic E-state index is 14.3. The van der Waals surface area contributed by atoms with E-state index < -0.39 is 0 Å². The summed E-state index contributed by atoms with van der Waals surface area (Å²) in [6.07, 6.45) is 1.85. The van der Waals surface area contributed by atoms with Crippen LogP contribution in [0.1, 0.15) is 30.2 Å². The second kappa shape index (κ2) is 7.40. The molecular formula is C24H21FN6O. The minimum Gasteiger partial charge on any atom is -0.440 e. The van der Waals surface area contributed by atoms with Crippen LogP contribution in [0.2, 0.25) is 0 Å². The van der Waals surface area contributed by atoms with Crippen LogP contribution < -0.4 is 4.90 Å². The normalized spacial score (nSPS) is 15.1. The Hall–Kier alpha value is -3.81. The van der Waals surface area contributed by atoms with E-state index in [0.717, 1.165) is 54.3 Å². The second-order valence-electron chi connectivity index (χ2n) is 8.20. The number of piperidine rings is 1. The van der Waals surface area contributed by atoms with Gasteiger partial charge in [0.1, 0.15) is 17.2 Å². The van der Waals surface area contributed by atoms with Gasteiger partial charge in [0, 0.05) is 19.0 Å². The fraction of sp³-hybridized carbons (Fsp3) is 0.250. The van der Waals surface area contributed by atoms with Gasteiger partial charge in [0.05, 0.1) is 5.56 Å².